The highest BCUT2D eigenvalue weighted by molar-refractivity contribution is 7.13. The normalized spacial score (nSPS) is 19.7. The van der Waals surface area contributed by atoms with Crippen LogP contribution in [0.5, 0.6) is 5.75 Å². The van der Waals surface area contributed by atoms with Crippen LogP contribution in [0, 0.1) is 12.8 Å². The summed E-state index contributed by atoms with van der Waals surface area (Å²) >= 11 is 7.80. The third-order valence-corrected chi connectivity index (χ3v) is 8.80. The van der Waals surface area contributed by atoms with Crippen molar-refractivity contribution in [1.29, 1.82) is 0 Å². The van der Waals surface area contributed by atoms with Crippen molar-refractivity contribution >= 4 is 46.6 Å². The minimum absolute atomic E-state index is 0.0360. The van der Waals surface area contributed by atoms with E-state index in [1.54, 1.807) is 21.7 Å². The van der Waals surface area contributed by atoms with Crippen LogP contribution in [0.3, 0.4) is 0 Å². The van der Waals surface area contributed by atoms with Gasteiger partial charge in [-0.3, -0.25) is 23.9 Å². The Morgan fingerprint density at radius 3 is 2.57 bits per heavy atom. The molecular weight excluding hydrogens is 646 g/mol. The Morgan fingerprint density at radius 1 is 1.11 bits per heavy atom. The van der Waals surface area contributed by atoms with Crippen LogP contribution in [0.15, 0.2) is 36.5 Å². The van der Waals surface area contributed by atoms with Gasteiger partial charge in [-0.1, -0.05) is 30.7 Å². The molecule has 2 aliphatic rings. The van der Waals surface area contributed by atoms with Crippen molar-refractivity contribution in [2.45, 2.75) is 71.7 Å². The van der Waals surface area contributed by atoms with Gasteiger partial charge in [-0.2, -0.15) is 0 Å². The predicted octanol–water partition coefficient (Wildman–Crippen LogP) is 2.60. The number of aliphatic hydroxyl groups is 1. The van der Waals surface area contributed by atoms with Gasteiger partial charge < -0.3 is 30.7 Å². The molecule has 254 valence electrons. The quantitative estimate of drug-likeness (QED) is 0.304. The van der Waals surface area contributed by atoms with Crippen LogP contribution in [0.4, 0.5) is 0 Å². The Labute approximate surface area is 283 Å². The first-order valence-corrected chi connectivity index (χ1v) is 16.8. The summed E-state index contributed by atoms with van der Waals surface area (Å²) in [7, 11) is 0. The van der Waals surface area contributed by atoms with Crippen LogP contribution in [-0.4, -0.2) is 93.1 Å². The average molecular weight is 688 g/mol. The van der Waals surface area contributed by atoms with E-state index in [2.05, 4.69) is 26.3 Å². The number of nitrogens with one attached hydrogen (secondary N) is 3. The number of carbonyl (C=O) groups is 4. The zero-order valence-corrected chi connectivity index (χ0v) is 28.6. The Balaban J connectivity index is 1.57. The van der Waals surface area contributed by atoms with E-state index in [-0.39, 0.29) is 35.5 Å². The smallest absolute Gasteiger partial charge is 0.263 e. The highest BCUT2D eigenvalue weighted by atomic mass is 35.5. The molecule has 0 saturated carbocycles. The van der Waals surface area contributed by atoms with Gasteiger partial charge in [0.15, 0.2) is 0 Å². The number of benzene rings is 1. The summed E-state index contributed by atoms with van der Waals surface area (Å²) in [5, 5.41) is 27.2. The molecule has 5 rings (SSSR count). The van der Waals surface area contributed by atoms with Crippen LogP contribution in [0.2, 0.25) is 5.02 Å². The molecule has 2 aliphatic heterocycles. The fourth-order valence-corrected chi connectivity index (χ4v) is 6.10. The molecule has 0 saturated heterocycles. The van der Waals surface area contributed by atoms with Gasteiger partial charge in [-0.15, -0.1) is 16.4 Å². The highest BCUT2D eigenvalue weighted by Crippen LogP contribution is 2.26. The van der Waals surface area contributed by atoms with Crippen molar-refractivity contribution < 1.29 is 29.0 Å². The van der Waals surface area contributed by atoms with E-state index in [0.29, 0.717) is 55.3 Å². The standard InChI is InChI=1S/C32H42ClN7O6S/c1-19(2)16-25-30(43)34-11-14-39(32(45)27-9-6-20(3)47-27)13-10-23-18-40(38-37-23)12-5-15-46-26-8-7-22(17-24(26)33)29(42)36-28(21(4)41)31(44)35-25/h6-9,17-19,21,25,28,41H,5,10-16H2,1-4H3,(H,34,43)(H,35,44)(H,36,42)/t21-,25-,28+/m1/s1. The lowest BCUT2D eigenvalue weighted by atomic mass is 10.0. The molecule has 2 aromatic heterocycles. The van der Waals surface area contributed by atoms with Crippen molar-refractivity contribution in [2.24, 2.45) is 5.92 Å². The maximum Gasteiger partial charge on any atom is 0.263 e. The molecule has 0 aliphatic carbocycles. The Bertz CT molecular complexity index is 1560. The van der Waals surface area contributed by atoms with Crippen LogP contribution in [-0.2, 0) is 22.6 Å². The zero-order chi connectivity index (χ0) is 34.1. The number of fused-ring (bicyclic) bond motifs is 17. The molecule has 13 nitrogen and oxygen atoms in total. The summed E-state index contributed by atoms with van der Waals surface area (Å²) in [5.41, 5.74) is 0.882. The summed E-state index contributed by atoms with van der Waals surface area (Å²) in [5.74, 6) is -1.53. The topological polar surface area (TPSA) is 168 Å². The summed E-state index contributed by atoms with van der Waals surface area (Å²) < 4.78 is 7.53. The van der Waals surface area contributed by atoms with E-state index in [0.717, 1.165) is 4.88 Å². The fraction of sp³-hybridized carbons (Fsp3) is 0.500. The third-order valence-electron chi connectivity index (χ3n) is 7.52. The lowest BCUT2D eigenvalue weighted by molar-refractivity contribution is -0.131. The first kappa shape index (κ1) is 35.8. The number of halogens is 1. The number of aryl methyl sites for hydroxylation is 2. The highest BCUT2D eigenvalue weighted by Gasteiger charge is 2.31. The van der Waals surface area contributed by atoms with E-state index >= 15 is 0 Å². The molecule has 3 atom stereocenters. The number of amides is 4. The van der Waals surface area contributed by atoms with E-state index in [1.165, 1.54) is 30.4 Å². The molecule has 47 heavy (non-hydrogen) atoms. The number of aliphatic hydroxyl groups excluding tert-OH is 1. The molecule has 3 aromatic rings. The Hall–Kier alpha value is -4.01. The van der Waals surface area contributed by atoms with Crippen LogP contribution in [0.25, 0.3) is 0 Å². The molecule has 1 aromatic carbocycles. The van der Waals surface area contributed by atoms with Crippen molar-refractivity contribution in [3.05, 3.63) is 62.6 Å². The maximum absolute atomic E-state index is 13.5. The van der Waals surface area contributed by atoms with E-state index in [4.69, 9.17) is 16.3 Å². The van der Waals surface area contributed by atoms with Crippen molar-refractivity contribution in [3.63, 3.8) is 0 Å². The van der Waals surface area contributed by atoms with Gasteiger partial charge in [0, 0.05) is 55.7 Å². The molecule has 4 N–H and O–H groups in total. The van der Waals surface area contributed by atoms with Crippen LogP contribution in [0.1, 0.15) is 64.2 Å². The minimum Gasteiger partial charge on any atom is -0.492 e. The summed E-state index contributed by atoms with van der Waals surface area (Å²) in [4.78, 5) is 56.5. The van der Waals surface area contributed by atoms with E-state index < -0.39 is 35.9 Å². The summed E-state index contributed by atoms with van der Waals surface area (Å²) in [6.45, 7) is 8.71. The second-order valence-corrected chi connectivity index (χ2v) is 13.6. The lowest BCUT2D eigenvalue weighted by Gasteiger charge is -2.26. The number of hydrogen-bond donors (Lipinski definition) is 4. The lowest BCUT2D eigenvalue weighted by Crippen LogP contribution is -2.57. The number of thiophene rings is 1. The molecule has 0 fully saturated rings. The second-order valence-electron chi connectivity index (χ2n) is 11.9. The number of ether oxygens (including phenoxy) is 1. The first-order valence-electron chi connectivity index (χ1n) is 15.6. The van der Waals surface area contributed by atoms with Gasteiger partial charge >= 0.3 is 0 Å². The SMILES string of the molecule is Cc1ccc(C(=O)N2CCNC(=O)[C@@H](CC(C)C)NC(=O)[C@H]([C@@H](C)O)NC(=O)c3ccc(c(Cl)c3)OCCCn3cc(nn3)CC2)s1. The number of nitrogens with zero attached hydrogens (tertiary/aromatic N) is 4. The average Bonchev–Trinajstić information content (AvgIpc) is 3.67. The largest absolute Gasteiger partial charge is 0.492 e. The molecular formula is C32H42ClN7O6S. The van der Waals surface area contributed by atoms with Gasteiger partial charge in [-0.25, -0.2) is 0 Å². The minimum atomic E-state index is -1.34. The maximum atomic E-state index is 13.5. The van der Waals surface area contributed by atoms with Crippen molar-refractivity contribution in [2.75, 3.05) is 26.2 Å². The molecule has 0 spiro atoms. The monoisotopic (exact) mass is 687 g/mol. The molecule has 15 heteroatoms. The fourth-order valence-electron chi connectivity index (χ4n) is 5.03. The molecule has 4 heterocycles. The molecule has 0 radical (unpaired) electrons. The number of aromatic nitrogens is 3. The Kier molecular flexibility index (Phi) is 12.7. The molecule has 4 bridgehead atoms. The third kappa shape index (κ3) is 10.2. The first-order chi connectivity index (χ1) is 22.4. The van der Waals surface area contributed by atoms with Gasteiger partial charge in [0.1, 0.15) is 17.8 Å². The molecule has 0 unspecified atom stereocenters. The predicted molar refractivity (Wildman–Crippen MR) is 178 cm³/mol. The zero-order valence-electron chi connectivity index (χ0n) is 27.0. The Morgan fingerprint density at radius 2 is 1.89 bits per heavy atom. The van der Waals surface area contributed by atoms with E-state index in [1.807, 2.05) is 33.0 Å². The van der Waals surface area contributed by atoms with Gasteiger partial charge in [0.05, 0.1) is 28.3 Å². The van der Waals surface area contributed by atoms with E-state index in [9.17, 15) is 24.3 Å². The van der Waals surface area contributed by atoms with Gasteiger partial charge in [0.2, 0.25) is 11.8 Å². The van der Waals surface area contributed by atoms with Gasteiger partial charge in [0.25, 0.3) is 11.8 Å². The molecule has 4 amide bonds. The summed E-state index contributed by atoms with van der Waals surface area (Å²) in [6.07, 6.45) is 1.94. The van der Waals surface area contributed by atoms with Crippen LogP contribution >= 0.6 is 22.9 Å². The second kappa shape index (κ2) is 16.7. The number of carbonyl (C=O) groups excluding carboxylic acids is 4. The van der Waals surface area contributed by atoms with Crippen molar-refractivity contribution in [1.82, 2.24) is 35.8 Å². The van der Waals surface area contributed by atoms with Crippen LogP contribution < -0.4 is 20.7 Å². The number of hydrogen-bond acceptors (Lipinski definition) is 9. The number of rotatable bonds is 4. The summed E-state index contributed by atoms with van der Waals surface area (Å²) in [6, 6.07) is 5.89. The van der Waals surface area contributed by atoms with Gasteiger partial charge in [-0.05, 0) is 56.5 Å². The van der Waals surface area contributed by atoms with Crippen molar-refractivity contribution in [3.8, 4) is 5.75 Å².